The van der Waals surface area contributed by atoms with E-state index in [0.717, 1.165) is 25.9 Å². The number of rotatable bonds is 18. The van der Waals surface area contributed by atoms with Crippen LogP contribution in [0, 0.1) is 0 Å². The quantitative estimate of drug-likeness (QED) is 0.0737. The van der Waals surface area contributed by atoms with Gasteiger partial charge in [0, 0.05) is 75.9 Å². The molecule has 0 saturated carbocycles. The molecular weight excluding hydrogens is 986 g/mol. The highest BCUT2D eigenvalue weighted by molar-refractivity contribution is 9.11. The highest BCUT2D eigenvalue weighted by Crippen LogP contribution is 2.51. The third-order valence-corrected chi connectivity index (χ3v) is 14.2. The Bertz CT molecular complexity index is 2600. The fourth-order valence-corrected chi connectivity index (χ4v) is 11.1. The number of benzene rings is 2. The largest absolute Gasteiger partial charge is 0.748 e. The van der Waals surface area contributed by atoms with Crippen molar-refractivity contribution in [2.75, 3.05) is 29.5 Å². The van der Waals surface area contributed by atoms with Gasteiger partial charge in [0.15, 0.2) is 5.71 Å². The van der Waals surface area contributed by atoms with Gasteiger partial charge in [0.25, 0.3) is 32.1 Å². The van der Waals surface area contributed by atoms with Crippen molar-refractivity contribution in [1.29, 1.82) is 0 Å². The minimum absolute atomic E-state index is 0.0132. The number of nitrogens with zero attached hydrogens (tertiary/aromatic N) is 3. The van der Waals surface area contributed by atoms with E-state index in [9.17, 15) is 53.3 Å². The maximum absolute atomic E-state index is 12.7. The Hall–Kier alpha value is -3.83. The van der Waals surface area contributed by atoms with Gasteiger partial charge in [-0.25, -0.2) is 13.2 Å². The van der Waals surface area contributed by atoms with Crippen molar-refractivity contribution in [2.24, 2.45) is 0 Å². The Labute approximate surface area is 372 Å². The number of hydrogen-bond acceptors (Lipinski definition) is 12. The average molecular weight is 1030 g/mol. The van der Waals surface area contributed by atoms with E-state index in [1.54, 1.807) is 42.2 Å². The Balaban J connectivity index is 1.45. The first-order valence-electron chi connectivity index (χ1n) is 19.0. The van der Waals surface area contributed by atoms with Crippen molar-refractivity contribution in [3.8, 4) is 0 Å². The van der Waals surface area contributed by atoms with Gasteiger partial charge in [-0.3, -0.25) is 18.7 Å². The van der Waals surface area contributed by atoms with Gasteiger partial charge in [-0.05, 0) is 75.9 Å². The van der Waals surface area contributed by atoms with Crippen LogP contribution in [-0.2, 0) is 60.4 Å². The molecule has 16 nitrogen and oxygen atoms in total. The number of carbonyl (C=O) groups excluding carboxylic acids is 3. The zero-order valence-corrected chi connectivity index (χ0v) is 39.0. The van der Waals surface area contributed by atoms with E-state index in [1.165, 1.54) is 18.2 Å². The number of fused-ring (bicyclic) bond motifs is 2. The molecule has 0 radical (unpaired) electrons. The van der Waals surface area contributed by atoms with Crippen LogP contribution >= 0.6 is 31.9 Å². The van der Waals surface area contributed by atoms with E-state index in [2.05, 4.69) is 31.9 Å². The maximum atomic E-state index is 12.7. The molecule has 2 N–H and O–H groups in total. The third kappa shape index (κ3) is 11.6. The van der Waals surface area contributed by atoms with Crippen LogP contribution < -0.4 is 4.90 Å². The van der Waals surface area contributed by atoms with Crippen LogP contribution in [0.3, 0.4) is 0 Å². The number of hydroxylamine groups is 2. The Morgan fingerprint density at radius 3 is 2.20 bits per heavy atom. The van der Waals surface area contributed by atoms with E-state index in [1.807, 2.05) is 42.7 Å². The van der Waals surface area contributed by atoms with Crippen LogP contribution in [0.5, 0.6) is 0 Å². The van der Waals surface area contributed by atoms with Crippen LogP contribution in [0.25, 0.3) is 0 Å². The van der Waals surface area contributed by atoms with Crippen molar-refractivity contribution >= 4 is 97.1 Å². The first-order chi connectivity index (χ1) is 28.3. The van der Waals surface area contributed by atoms with Crippen molar-refractivity contribution < 1.29 is 62.7 Å². The molecule has 3 aliphatic rings. The first-order valence-corrected chi connectivity index (χ1v) is 25.3. The zero-order valence-electron chi connectivity index (χ0n) is 33.4. The van der Waals surface area contributed by atoms with Crippen molar-refractivity contribution in [3.05, 3.63) is 98.6 Å². The van der Waals surface area contributed by atoms with Gasteiger partial charge in [0.2, 0.25) is 5.69 Å². The highest BCUT2D eigenvalue weighted by atomic mass is 79.9. The Morgan fingerprint density at radius 1 is 0.902 bits per heavy atom. The van der Waals surface area contributed by atoms with Gasteiger partial charge in [-0.15, -0.1) is 5.06 Å². The molecule has 1 unspecified atom stereocenters. The Morgan fingerprint density at radius 2 is 1.56 bits per heavy atom. The molecule has 1 fully saturated rings. The van der Waals surface area contributed by atoms with E-state index in [0.29, 0.717) is 22.0 Å². The summed E-state index contributed by atoms with van der Waals surface area (Å²) >= 11 is 7.20. The number of imide groups is 1. The molecule has 0 spiro atoms. The average Bonchev–Trinajstić information content (AvgIpc) is 3.65. The Kier molecular flexibility index (Phi) is 14.9. The molecule has 0 aliphatic carbocycles. The summed E-state index contributed by atoms with van der Waals surface area (Å²) in [6.07, 6.45) is 12.5. The predicted molar refractivity (Wildman–Crippen MR) is 232 cm³/mol. The molecule has 21 heteroatoms. The monoisotopic (exact) mass is 1030 g/mol. The second-order valence-corrected chi connectivity index (χ2v) is 21.7. The molecule has 2 aromatic carbocycles. The number of carbonyl (C=O) groups is 3. The van der Waals surface area contributed by atoms with Crippen LogP contribution in [0.4, 0.5) is 11.4 Å². The third-order valence-electron chi connectivity index (χ3n) is 10.7. The van der Waals surface area contributed by atoms with E-state index in [4.69, 9.17) is 4.84 Å². The standard InChI is InChI=1S/C40H45Br2N3O13S3/c1-39(2)33(44(21-11-23-60(52,53)54)32-25-27(41)24-30(42)38(32)39)12-7-5-4-6-8-13-34-40(3,19-9-14-37(48)58-45-35(46)17-18-36(45)47)29-26-28(61(55,56)57)15-16-31(29)43(34)20-10-22-59(49,50)51/h4-8,12-13,15-16,24-26H,9-11,14,17-23H2,1-3H3,(H2-,49,50,51,52,53,54,55,56,57). The summed E-state index contributed by atoms with van der Waals surface area (Å²) in [6, 6.07) is 7.89. The molecule has 3 heterocycles. The molecule has 0 bridgehead atoms. The molecule has 330 valence electrons. The van der Waals surface area contributed by atoms with Crippen LogP contribution in [-0.4, -0.2) is 96.6 Å². The van der Waals surface area contributed by atoms with Crippen molar-refractivity contribution in [2.45, 2.75) is 81.4 Å². The van der Waals surface area contributed by atoms with Crippen molar-refractivity contribution in [3.63, 3.8) is 0 Å². The highest BCUT2D eigenvalue weighted by Gasteiger charge is 2.46. The minimum Gasteiger partial charge on any atom is -0.748 e. The lowest BCUT2D eigenvalue weighted by Crippen LogP contribution is -2.32. The van der Waals surface area contributed by atoms with Gasteiger partial charge in [-0.2, -0.15) is 21.4 Å². The number of amides is 2. The van der Waals surface area contributed by atoms with Gasteiger partial charge in [0.05, 0.1) is 31.7 Å². The van der Waals surface area contributed by atoms with Gasteiger partial charge >= 0.3 is 5.97 Å². The number of allylic oxidation sites excluding steroid dienone is 8. The normalized spacial score (nSPS) is 20.0. The zero-order chi connectivity index (χ0) is 45.1. The summed E-state index contributed by atoms with van der Waals surface area (Å²) < 4.78 is 105. The molecule has 1 atom stereocenters. The van der Waals surface area contributed by atoms with Gasteiger partial charge in [-0.1, -0.05) is 62.2 Å². The first kappa shape index (κ1) is 48.2. The van der Waals surface area contributed by atoms with Crippen LogP contribution in [0.1, 0.15) is 76.8 Å². The lowest BCUT2D eigenvalue weighted by atomic mass is 9.77. The molecule has 5 rings (SSSR count). The van der Waals surface area contributed by atoms with Crippen molar-refractivity contribution in [1.82, 2.24) is 5.06 Å². The minimum atomic E-state index is -4.65. The predicted octanol–water partition coefficient (Wildman–Crippen LogP) is 6.16. The molecular formula is C40H45Br2N3O13S3. The molecule has 2 aromatic rings. The molecule has 61 heavy (non-hydrogen) atoms. The number of anilines is 1. The number of hydrogen-bond donors (Lipinski definition) is 2. The van der Waals surface area contributed by atoms with E-state index < -0.39 is 70.5 Å². The maximum Gasteiger partial charge on any atom is 0.333 e. The summed E-state index contributed by atoms with van der Waals surface area (Å²) in [7, 11) is -13.4. The fourth-order valence-electron chi connectivity index (χ4n) is 7.90. The molecule has 3 aliphatic heterocycles. The SMILES string of the molecule is CC1(C)C(/C=C/C=C/C=C/C=C2/N(CCCS(=O)(=O)O)c3ccc(S(=O)(=O)O)cc3C2(C)CCCC(=O)ON2C(=O)CCC2=O)=[N+](CCCS(=O)(=O)[O-])c2cc(Br)cc(Br)c21. The summed E-state index contributed by atoms with van der Waals surface area (Å²) in [6.45, 7) is 6.24. The molecule has 2 amide bonds. The van der Waals surface area contributed by atoms with E-state index in [-0.39, 0.29) is 62.9 Å². The fraction of sp³-hybridized carbons (Fsp3) is 0.400. The summed E-state index contributed by atoms with van der Waals surface area (Å²) in [5, 5.41) is 0.454. The number of halogens is 2. The second-order valence-electron chi connectivity index (χ2n) is 15.4. The van der Waals surface area contributed by atoms with Crippen LogP contribution in [0.15, 0.2) is 92.4 Å². The summed E-state index contributed by atoms with van der Waals surface area (Å²) in [5.41, 5.74) is 2.72. The van der Waals surface area contributed by atoms with Crippen LogP contribution in [0.2, 0.25) is 0 Å². The lowest BCUT2D eigenvalue weighted by molar-refractivity contribution is -0.437. The van der Waals surface area contributed by atoms with Gasteiger partial charge in [0.1, 0.15) is 6.54 Å². The summed E-state index contributed by atoms with van der Waals surface area (Å²) in [5.74, 6) is -3.15. The smallest absolute Gasteiger partial charge is 0.333 e. The lowest BCUT2D eigenvalue weighted by Gasteiger charge is -2.30. The topological polar surface area (TPSA) is 236 Å². The summed E-state index contributed by atoms with van der Waals surface area (Å²) in [4.78, 5) is 43.1. The van der Waals surface area contributed by atoms with Gasteiger partial charge < -0.3 is 14.3 Å². The molecule has 0 aromatic heterocycles. The van der Waals surface area contributed by atoms with E-state index >= 15 is 0 Å². The molecule has 1 saturated heterocycles. The second kappa shape index (κ2) is 18.9.